The standard InChI is InChI=1S/C58H108N12O6/c1-3-5-7-9-11-13-15-17-19-21-23-25-27-29-31-39-51(71)64-45-35-47-70(48-36-46-65-52(72)40-32-30-28-26-24-22-20-18-16-14-12-10-8-6-4-2)54(74)42-41-53(73)68-50(38-34-44-67-58(62)63)56(76)69-49(55(59)75)37-33-43-66-57(60)61/h17-20,41-42,49-50H,3-16,21-40,43-48H2,1-2H3,(H2,59,75)(H,64,71)(H,65,72)(H,68,73)(H,69,76)(H4,60,61,66)(H4,62,63,67)/b19-17-,20-18-,42-41-/t49-,50-/m0/s1. The average Bonchev–Trinajstić information content (AvgIpc) is 3.38. The number of aliphatic imine (C=N–C) groups is 2. The van der Waals surface area contributed by atoms with Crippen molar-refractivity contribution in [2.75, 3.05) is 39.3 Å². The van der Waals surface area contributed by atoms with Gasteiger partial charge in [-0.1, -0.05) is 141 Å². The molecule has 14 N–H and O–H groups in total. The summed E-state index contributed by atoms with van der Waals surface area (Å²) in [6.45, 7) is 6.24. The molecule has 18 heteroatoms. The lowest BCUT2D eigenvalue weighted by Crippen LogP contribution is -2.52. The number of carbonyl (C=O) groups excluding carboxylic acids is 6. The first kappa shape index (κ1) is 70.6. The van der Waals surface area contributed by atoms with E-state index in [4.69, 9.17) is 28.7 Å². The summed E-state index contributed by atoms with van der Waals surface area (Å²) in [5.74, 6) is -2.88. The second-order valence-corrected chi connectivity index (χ2v) is 20.2. The van der Waals surface area contributed by atoms with Crippen molar-refractivity contribution in [3.05, 3.63) is 36.5 Å². The van der Waals surface area contributed by atoms with Gasteiger partial charge in [0.25, 0.3) is 0 Å². The van der Waals surface area contributed by atoms with Gasteiger partial charge in [0.1, 0.15) is 12.1 Å². The maximum absolute atomic E-state index is 13.6. The summed E-state index contributed by atoms with van der Waals surface area (Å²) in [4.78, 5) is 87.2. The van der Waals surface area contributed by atoms with Crippen molar-refractivity contribution >= 4 is 47.4 Å². The number of nitrogens with one attached hydrogen (secondary N) is 4. The molecule has 0 aromatic heterocycles. The van der Waals surface area contributed by atoms with Gasteiger partial charge in [0.05, 0.1) is 0 Å². The highest BCUT2D eigenvalue weighted by Gasteiger charge is 2.25. The molecule has 436 valence electrons. The van der Waals surface area contributed by atoms with Crippen LogP contribution in [0.15, 0.2) is 46.4 Å². The Morgan fingerprint density at radius 3 is 1.22 bits per heavy atom. The maximum Gasteiger partial charge on any atom is 0.246 e. The molecule has 0 heterocycles. The summed E-state index contributed by atoms with van der Waals surface area (Å²) in [5, 5.41) is 11.2. The van der Waals surface area contributed by atoms with E-state index in [0.717, 1.165) is 76.4 Å². The van der Waals surface area contributed by atoms with E-state index in [1.54, 1.807) is 4.90 Å². The topological polar surface area (TPSA) is 309 Å². The number of allylic oxidation sites excluding steroid dienone is 4. The van der Waals surface area contributed by atoms with Crippen molar-refractivity contribution in [2.24, 2.45) is 38.7 Å². The molecule has 6 amide bonds. The molecule has 18 nitrogen and oxygen atoms in total. The summed E-state index contributed by atoms with van der Waals surface area (Å²) in [5.41, 5.74) is 27.2. The van der Waals surface area contributed by atoms with Crippen LogP contribution >= 0.6 is 0 Å². The summed E-state index contributed by atoms with van der Waals surface area (Å²) in [6, 6.07) is -2.18. The van der Waals surface area contributed by atoms with Crippen molar-refractivity contribution < 1.29 is 28.8 Å². The fourth-order valence-corrected chi connectivity index (χ4v) is 8.52. The highest BCUT2D eigenvalue weighted by Crippen LogP contribution is 2.12. The molecule has 0 aliphatic carbocycles. The Morgan fingerprint density at radius 1 is 0.447 bits per heavy atom. The van der Waals surface area contributed by atoms with Crippen LogP contribution in [0.25, 0.3) is 0 Å². The zero-order valence-corrected chi connectivity index (χ0v) is 47.6. The van der Waals surface area contributed by atoms with Crippen LogP contribution in [0.4, 0.5) is 0 Å². The van der Waals surface area contributed by atoms with E-state index in [0.29, 0.717) is 64.7 Å². The number of rotatable bonds is 52. The lowest BCUT2D eigenvalue weighted by molar-refractivity contribution is -0.130. The molecular formula is C58H108N12O6. The van der Waals surface area contributed by atoms with Crippen LogP contribution in [-0.4, -0.2) is 104 Å². The Balaban J connectivity index is 5.24. The minimum Gasteiger partial charge on any atom is -0.370 e. The Morgan fingerprint density at radius 2 is 0.829 bits per heavy atom. The zero-order valence-electron chi connectivity index (χ0n) is 47.6. The van der Waals surface area contributed by atoms with Gasteiger partial charge in [0.2, 0.25) is 35.4 Å². The van der Waals surface area contributed by atoms with Crippen LogP contribution in [-0.2, 0) is 28.8 Å². The minimum absolute atomic E-state index is 0.0222. The molecule has 0 aliphatic rings. The van der Waals surface area contributed by atoms with Gasteiger partial charge in [0.15, 0.2) is 11.9 Å². The lowest BCUT2D eigenvalue weighted by Gasteiger charge is -2.22. The molecule has 0 saturated carbocycles. The Bertz CT molecular complexity index is 1620. The monoisotopic (exact) mass is 1070 g/mol. The lowest BCUT2D eigenvalue weighted by atomic mass is 10.1. The van der Waals surface area contributed by atoms with E-state index in [1.807, 2.05) is 0 Å². The number of hydrogen-bond acceptors (Lipinski definition) is 8. The first-order valence-corrected chi connectivity index (χ1v) is 29.6. The molecule has 0 rings (SSSR count). The van der Waals surface area contributed by atoms with Crippen molar-refractivity contribution in [3.63, 3.8) is 0 Å². The number of unbranched alkanes of at least 4 members (excludes halogenated alkanes) is 22. The van der Waals surface area contributed by atoms with Gasteiger partial charge in [-0.3, -0.25) is 38.8 Å². The van der Waals surface area contributed by atoms with Gasteiger partial charge in [-0.2, -0.15) is 0 Å². The van der Waals surface area contributed by atoms with Crippen LogP contribution in [0.5, 0.6) is 0 Å². The number of amides is 6. The minimum atomic E-state index is -1.12. The van der Waals surface area contributed by atoms with E-state index in [-0.39, 0.29) is 49.7 Å². The van der Waals surface area contributed by atoms with Crippen molar-refractivity contribution in [1.82, 2.24) is 26.2 Å². The molecule has 0 aliphatic heterocycles. The van der Waals surface area contributed by atoms with Gasteiger partial charge < -0.3 is 54.8 Å². The highest BCUT2D eigenvalue weighted by molar-refractivity contribution is 5.99. The predicted molar refractivity (Wildman–Crippen MR) is 313 cm³/mol. The largest absolute Gasteiger partial charge is 0.370 e. The fourth-order valence-electron chi connectivity index (χ4n) is 8.52. The van der Waals surface area contributed by atoms with E-state index in [2.05, 4.69) is 69.4 Å². The third-order valence-electron chi connectivity index (χ3n) is 13.1. The molecule has 2 atom stereocenters. The first-order valence-electron chi connectivity index (χ1n) is 29.6. The predicted octanol–water partition coefficient (Wildman–Crippen LogP) is 8.02. The zero-order chi connectivity index (χ0) is 56.1. The maximum atomic E-state index is 13.6. The Hall–Kier alpha value is -5.42. The number of carbonyl (C=O) groups is 6. The molecular weight excluding hydrogens is 961 g/mol. The second-order valence-electron chi connectivity index (χ2n) is 20.2. The van der Waals surface area contributed by atoms with Gasteiger partial charge >= 0.3 is 0 Å². The molecule has 0 bridgehead atoms. The molecule has 0 fully saturated rings. The molecule has 0 saturated heterocycles. The number of guanidine groups is 2. The smallest absolute Gasteiger partial charge is 0.246 e. The van der Waals surface area contributed by atoms with Crippen LogP contribution < -0.4 is 49.9 Å². The van der Waals surface area contributed by atoms with Gasteiger partial charge in [-0.05, 0) is 103 Å². The molecule has 0 radical (unpaired) electrons. The third-order valence-corrected chi connectivity index (χ3v) is 13.1. The normalized spacial score (nSPS) is 12.1. The van der Waals surface area contributed by atoms with Crippen LogP contribution in [0.1, 0.15) is 232 Å². The van der Waals surface area contributed by atoms with E-state index < -0.39 is 35.7 Å². The highest BCUT2D eigenvalue weighted by atomic mass is 16.2. The fraction of sp³-hybridized carbons (Fsp3) is 0.759. The second kappa shape index (κ2) is 51.7. The van der Waals surface area contributed by atoms with Gasteiger partial charge in [0, 0.05) is 64.3 Å². The van der Waals surface area contributed by atoms with Crippen LogP contribution in [0, 0.1) is 0 Å². The van der Waals surface area contributed by atoms with E-state index >= 15 is 0 Å². The van der Waals surface area contributed by atoms with Crippen molar-refractivity contribution in [3.8, 4) is 0 Å². The Labute approximate surface area is 459 Å². The quantitative estimate of drug-likeness (QED) is 0.00929. The number of hydrogen-bond donors (Lipinski definition) is 9. The van der Waals surface area contributed by atoms with Gasteiger partial charge in [-0.25, -0.2) is 0 Å². The third kappa shape index (κ3) is 47.1. The van der Waals surface area contributed by atoms with Gasteiger partial charge in [-0.15, -0.1) is 0 Å². The first-order chi connectivity index (χ1) is 36.8. The van der Waals surface area contributed by atoms with E-state index in [9.17, 15) is 28.8 Å². The Kier molecular flexibility index (Phi) is 48.0. The molecule has 0 unspecified atom stereocenters. The average molecular weight is 1070 g/mol. The number of nitrogens with zero attached hydrogens (tertiary/aromatic N) is 3. The number of primary amides is 1. The summed E-state index contributed by atoms with van der Waals surface area (Å²) in [6.07, 6.45) is 45.2. The molecule has 76 heavy (non-hydrogen) atoms. The summed E-state index contributed by atoms with van der Waals surface area (Å²) < 4.78 is 0. The number of nitrogens with two attached hydrogens (primary N) is 5. The molecule has 0 aromatic carbocycles. The SMILES string of the molecule is CCCCCCCC/C=C\CCCCCCCC(=O)NCCCN(CCCNC(=O)CCCCCCC/C=C\CCCCCCCC)C(=O)/C=C\C(=O)N[C@@H](CCCN=C(N)N)C(=O)N[C@@H](CCCN=C(N)N)C(N)=O. The molecule has 0 aromatic rings. The summed E-state index contributed by atoms with van der Waals surface area (Å²) >= 11 is 0. The van der Waals surface area contributed by atoms with Crippen LogP contribution in [0.2, 0.25) is 0 Å². The molecule has 0 spiro atoms. The van der Waals surface area contributed by atoms with Crippen molar-refractivity contribution in [2.45, 2.75) is 244 Å². The van der Waals surface area contributed by atoms with Crippen molar-refractivity contribution in [1.29, 1.82) is 0 Å². The van der Waals surface area contributed by atoms with Crippen LogP contribution in [0.3, 0.4) is 0 Å². The summed E-state index contributed by atoms with van der Waals surface area (Å²) in [7, 11) is 0. The van der Waals surface area contributed by atoms with E-state index in [1.165, 1.54) is 103 Å².